The van der Waals surface area contributed by atoms with Gasteiger partial charge in [0, 0.05) is 12.6 Å². The lowest BCUT2D eigenvalue weighted by Crippen LogP contribution is -2.49. The minimum absolute atomic E-state index is 0.189. The van der Waals surface area contributed by atoms with Gasteiger partial charge in [-0.1, -0.05) is 6.92 Å². The highest BCUT2D eigenvalue weighted by atomic mass is 19.4. The Morgan fingerprint density at radius 3 is 2.16 bits per heavy atom. The van der Waals surface area contributed by atoms with E-state index in [-0.39, 0.29) is 13.0 Å². The molecule has 8 heteroatoms. The molecule has 0 aromatic rings. The lowest BCUT2D eigenvalue weighted by molar-refractivity contribution is -0.144. The van der Waals surface area contributed by atoms with Crippen molar-refractivity contribution in [2.24, 2.45) is 5.92 Å². The highest BCUT2D eigenvalue weighted by Gasteiger charge is 2.34. The molecule has 5 nitrogen and oxygen atoms in total. The van der Waals surface area contributed by atoms with Crippen LogP contribution in [-0.4, -0.2) is 47.3 Å². The number of carbonyl (C=O) groups excluding carboxylic acids is 1. The van der Waals surface area contributed by atoms with Crippen LogP contribution in [0.4, 0.5) is 18.0 Å². The van der Waals surface area contributed by atoms with Gasteiger partial charge in [-0.2, -0.15) is 13.2 Å². The van der Waals surface area contributed by atoms with Crippen LogP contribution in [0.25, 0.3) is 0 Å². The zero-order valence-corrected chi connectivity index (χ0v) is 11.1. The van der Waals surface area contributed by atoms with Crippen LogP contribution in [0, 0.1) is 5.92 Å². The van der Waals surface area contributed by atoms with Crippen LogP contribution in [0.1, 0.15) is 27.2 Å². The van der Waals surface area contributed by atoms with Gasteiger partial charge in [-0.15, -0.1) is 0 Å². The molecule has 0 heterocycles. The number of amides is 2. The largest absolute Gasteiger partial charge is 0.481 e. The van der Waals surface area contributed by atoms with E-state index in [9.17, 15) is 22.8 Å². The second kappa shape index (κ2) is 7.20. The van der Waals surface area contributed by atoms with Crippen molar-refractivity contribution in [3.8, 4) is 0 Å². The second-order valence-corrected chi connectivity index (χ2v) is 4.47. The third-order valence-corrected chi connectivity index (χ3v) is 2.58. The number of nitrogens with zero attached hydrogens (tertiary/aromatic N) is 1. The maximum absolute atomic E-state index is 12.3. The molecule has 0 saturated carbocycles. The molecule has 0 rings (SSSR count). The van der Waals surface area contributed by atoms with Crippen molar-refractivity contribution in [3.05, 3.63) is 0 Å². The van der Waals surface area contributed by atoms with Gasteiger partial charge in [0.25, 0.3) is 0 Å². The van der Waals surface area contributed by atoms with Gasteiger partial charge in [-0.25, -0.2) is 4.79 Å². The molecule has 1 atom stereocenters. The maximum atomic E-state index is 12.3. The third-order valence-electron chi connectivity index (χ3n) is 2.58. The van der Waals surface area contributed by atoms with E-state index in [0.717, 1.165) is 0 Å². The predicted octanol–water partition coefficient (Wildman–Crippen LogP) is 2.08. The molecule has 0 radical (unpaired) electrons. The summed E-state index contributed by atoms with van der Waals surface area (Å²) in [5.74, 6) is -1.89. The number of nitrogens with one attached hydrogen (secondary N) is 1. The van der Waals surface area contributed by atoms with Crippen LogP contribution in [0.3, 0.4) is 0 Å². The van der Waals surface area contributed by atoms with Gasteiger partial charge >= 0.3 is 18.2 Å². The minimum Gasteiger partial charge on any atom is -0.481 e. The Balaban J connectivity index is 4.54. The molecule has 2 N–H and O–H groups in total. The smallest absolute Gasteiger partial charge is 0.406 e. The zero-order valence-electron chi connectivity index (χ0n) is 11.1. The van der Waals surface area contributed by atoms with E-state index in [4.69, 9.17) is 5.11 Å². The fourth-order valence-corrected chi connectivity index (χ4v) is 1.40. The summed E-state index contributed by atoms with van der Waals surface area (Å²) in [6, 6.07) is -1.54. The molecule has 0 bridgehead atoms. The predicted molar refractivity (Wildman–Crippen MR) is 62.7 cm³/mol. The number of hydrogen-bond donors (Lipinski definition) is 2. The van der Waals surface area contributed by atoms with Crippen molar-refractivity contribution in [2.75, 3.05) is 13.1 Å². The normalized spacial score (nSPS) is 13.2. The van der Waals surface area contributed by atoms with Gasteiger partial charge < -0.3 is 15.3 Å². The molecule has 2 amide bonds. The van der Waals surface area contributed by atoms with E-state index in [2.05, 4.69) is 5.32 Å². The standard InChI is InChI=1S/C11H19F3N2O3/c1-4-8(9(17)18)5-15-10(19)16(7(2)3)6-11(12,13)14/h7-8H,4-6H2,1-3H3,(H,15,19)(H,17,18). The van der Waals surface area contributed by atoms with Gasteiger partial charge in [0.2, 0.25) is 0 Å². The van der Waals surface area contributed by atoms with E-state index in [1.165, 1.54) is 13.8 Å². The van der Waals surface area contributed by atoms with Crippen LogP contribution in [-0.2, 0) is 4.79 Å². The van der Waals surface area contributed by atoms with E-state index < -0.39 is 36.7 Å². The van der Waals surface area contributed by atoms with Gasteiger partial charge in [-0.05, 0) is 20.3 Å². The SMILES string of the molecule is CCC(CNC(=O)N(CC(F)(F)F)C(C)C)C(=O)O. The first kappa shape index (κ1) is 17.5. The molecule has 112 valence electrons. The monoisotopic (exact) mass is 284 g/mol. The van der Waals surface area contributed by atoms with Gasteiger partial charge in [0.05, 0.1) is 5.92 Å². The number of hydrogen-bond acceptors (Lipinski definition) is 2. The van der Waals surface area contributed by atoms with Crippen LogP contribution in [0.2, 0.25) is 0 Å². The first-order chi connectivity index (χ1) is 8.58. The minimum atomic E-state index is -4.49. The molecular weight excluding hydrogens is 265 g/mol. The Kier molecular flexibility index (Phi) is 6.64. The number of halogens is 3. The highest BCUT2D eigenvalue weighted by Crippen LogP contribution is 2.18. The average molecular weight is 284 g/mol. The fraction of sp³-hybridized carbons (Fsp3) is 0.818. The number of carbonyl (C=O) groups is 2. The summed E-state index contributed by atoms with van der Waals surface area (Å²) in [5, 5.41) is 11.0. The molecule has 0 saturated heterocycles. The van der Waals surface area contributed by atoms with Crippen LogP contribution < -0.4 is 5.32 Å². The molecule has 19 heavy (non-hydrogen) atoms. The highest BCUT2D eigenvalue weighted by molar-refractivity contribution is 5.76. The van der Waals surface area contributed by atoms with Gasteiger partial charge in [0.15, 0.2) is 0 Å². The second-order valence-electron chi connectivity index (χ2n) is 4.47. The lowest BCUT2D eigenvalue weighted by atomic mass is 10.1. The Hall–Kier alpha value is -1.47. The zero-order chi connectivity index (χ0) is 15.2. The van der Waals surface area contributed by atoms with E-state index >= 15 is 0 Å². The molecule has 0 aliphatic rings. The van der Waals surface area contributed by atoms with Crippen molar-refractivity contribution in [1.29, 1.82) is 0 Å². The molecule has 0 aliphatic heterocycles. The van der Waals surface area contributed by atoms with E-state index in [1.807, 2.05) is 0 Å². The van der Waals surface area contributed by atoms with Crippen molar-refractivity contribution in [2.45, 2.75) is 39.4 Å². The quantitative estimate of drug-likeness (QED) is 0.784. The van der Waals surface area contributed by atoms with Gasteiger partial charge in [-0.3, -0.25) is 4.79 Å². The first-order valence-electron chi connectivity index (χ1n) is 5.92. The number of alkyl halides is 3. The third kappa shape index (κ3) is 6.88. The summed E-state index contributed by atoms with van der Waals surface area (Å²) in [6.45, 7) is 2.99. The summed E-state index contributed by atoms with van der Waals surface area (Å²) < 4.78 is 36.9. The lowest BCUT2D eigenvalue weighted by Gasteiger charge is -2.28. The topological polar surface area (TPSA) is 69.6 Å². The van der Waals surface area contributed by atoms with Crippen LogP contribution in [0.15, 0.2) is 0 Å². The van der Waals surface area contributed by atoms with E-state index in [0.29, 0.717) is 4.90 Å². The summed E-state index contributed by atoms with van der Waals surface area (Å²) in [4.78, 5) is 23.0. The number of rotatable bonds is 6. The Morgan fingerprint density at radius 1 is 1.32 bits per heavy atom. The summed E-state index contributed by atoms with van der Waals surface area (Å²) in [5.41, 5.74) is 0. The Labute approximate surface area is 109 Å². The molecular formula is C11H19F3N2O3. The Morgan fingerprint density at radius 2 is 1.84 bits per heavy atom. The van der Waals surface area contributed by atoms with Crippen molar-refractivity contribution >= 4 is 12.0 Å². The number of carboxylic acid groups (broad SMARTS) is 1. The van der Waals surface area contributed by atoms with E-state index in [1.54, 1.807) is 6.92 Å². The molecule has 1 unspecified atom stereocenters. The van der Waals surface area contributed by atoms with Crippen molar-refractivity contribution in [3.63, 3.8) is 0 Å². The van der Waals surface area contributed by atoms with Crippen LogP contribution in [0.5, 0.6) is 0 Å². The number of aliphatic carboxylic acids is 1. The number of carboxylic acids is 1. The summed E-state index contributed by atoms with van der Waals surface area (Å²) >= 11 is 0. The van der Waals surface area contributed by atoms with Crippen molar-refractivity contribution in [1.82, 2.24) is 10.2 Å². The molecule has 0 aromatic carbocycles. The molecule has 0 aromatic heterocycles. The summed E-state index contributed by atoms with van der Waals surface area (Å²) in [6.07, 6.45) is -4.20. The molecule has 0 fully saturated rings. The van der Waals surface area contributed by atoms with Crippen molar-refractivity contribution < 1.29 is 27.9 Å². The average Bonchev–Trinajstić information content (AvgIpc) is 2.24. The fourth-order valence-electron chi connectivity index (χ4n) is 1.40. The first-order valence-corrected chi connectivity index (χ1v) is 5.92. The molecule has 0 spiro atoms. The van der Waals surface area contributed by atoms with Crippen LogP contribution >= 0.6 is 0 Å². The summed E-state index contributed by atoms with van der Waals surface area (Å²) in [7, 11) is 0. The molecule has 0 aliphatic carbocycles. The maximum Gasteiger partial charge on any atom is 0.406 e. The Bertz CT molecular complexity index is 319. The van der Waals surface area contributed by atoms with Gasteiger partial charge in [0.1, 0.15) is 6.54 Å². The number of urea groups is 1.